The van der Waals surface area contributed by atoms with Crippen LogP contribution in [0.25, 0.3) is 0 Å². The van der Waals surface area contributed by atoms with E-state index < -0.39 is 66.7 Å². The Bertz CT molecular complexity index is 812. The minimum atomic E-state index is -2.35. The van der Waals surface area contributed by atoms with Crippen LogP contribution in [-0.2, 0) is 25.7 Å². The lowest BCUT2D eigenvalue weighted by molar-refractivity contribution is -0.258. The first kappa shape index (κ1) is 23.5. The topological polar surface area (TPSA) is 207 Å². The highest BCUT2D eigenvalue weighted by atomic mass is 16.6. The van der Waals surface area contributed by atoms with Gasteiger partial charge in [0.15, 0.2) is 0 Å². The van der Waals surface area contributed by atoms with Crippen molar-refractivity contribution in [2.75, 3.05) is 6.61 Å². The molecule has 0 aromatic carbocycles. The Balaban J connectivity index is 2.01. The van der Waals surface area contributed by atoms with Crippen molar-refractivity contribution in [2.24, 2.45) is 0 Å². The second-order valence-electron chi connectivity index (χ2n) is 8.20. The predicted octanol–water partition coefficient (Wildman–Crippen LogP) is -2.85. The molecule has 2 aliphatic rings. The van der Waals surface area contributed by atoms with Crippen molar-refractivity contribution in [1.29, 1.82) is 0 Å². The van der Waals surface area contributed by atoms with Gasteiger partial charge in [0.05, 0.1) is 24.9 Å². The van der Waals surface area contributed by atoms with Crippen LogP contribution in [0.15, 0.2) is 6.20 Å². The number of amides is 1. The highest BCUT2D eigenvalue weighted by molar-refractivity contribution is 5.76. The first-order valence-corrected chi connectivity index (χ1v) is 10.0. The molecule has 3 rings (SSSR count). The normalized spacial score (nSPS) is 32.4. The first-order chi connectivity index (χ1) is 14.5. The Morgan fingerprint density at radius 2 is 2.00 bits per heavy atom. The molecule has 1 aliphatic heterocycles. The lowest BCUT2D eigenvalue weighted by Gasteiger charge is -2.46. The summed E-state index contributed by atoms with van der Waals surface area (Å²) in [5, 5.41) is 71.0. The maximum atomic E-state index is 12.3. The number of aliphatic carboxylic acids is 1. The Morgan fingerprint density at radius 3 is 2.55 bits per heavy atom. The molecule has 0 bridgehead atoms. The number of hydrogen-bond acceptors (Lipinski definition) is 10. The molecule has 0 unspecified atom stereocenters. The van der Waals surface area contributed by atoms with Crippen molar-refractivity contribution < 1.29 is 45.0 Å². The van der Waals surface area contributed by atoms with E-state index >= 15 is 0 Å². The van der Waals surface area contributed by atoms with E-state index in [1.165, 1.54) is 6.20 Å². The number of carbonyl (C=O) groups is 2. The summed E-state index contributed by atoms with van der Waals surface area (Å²) < 4.78 is 6.53. The molecular formula is C18H28N4O9. The van der Waals surface area contributed by atoms with Gasteiger partial charge in [-0.2, -0.15) is 0 Å². The van der Waals surface area contributed by atoms with E-state index in [-0.39, 0.29) is 5.69 Å². The van der Waals surface area contributed by atoms with Crippen molar-refractivity contribution in [3.8, 4) is 0 Å². The molecule has 7 N–H and O–H groups in total. The number of aliphatic hydroxyl groups excluding tert-OH is 4. The number of hydrogen-bond donors (Lipinski definition) is 7. The molecule has 13 heteroatoms. The van der Waals surface area contributed by atoms with Gasteiger partial charge in [-0.1, -0.05) is 18.1 Å². The molecule has 1 amide bonds. The van der Waals surface area contributed by atoms with Gasteiger partial charge >= 0.3 is 5.97 Å². The summed E-state index contributed by atoms with van der Waals surface area (Å²) in [5.41, 5.74) is -3.45. The molecule has 2 fully saturated rings. The van der Waals surface area contributed by atoms with E-state index in [2.05, 4.69) is 15.6 Å². The number of aliphatic hydroxyl groups is 5. The number of nitrogens with zero attached hydrogens (tertiary/aromatic N) is 3. The number of carboxylic acid groups (broad SMARTS) is 1. The Kier molecular flexibility index (Phi) is 6.64. The van der Waals surface area contributed by atoms with E-state index in [0.717, 1.165) is 24.4 Å². The van der Waals surface area contributed by atoms with Crippen molar-refractivity contribution in [3.63, 3.8) is 0 Å². The Hall–Kier alpha value is -2.16. The molecule has 31 heavy (non-hydrogen) atoms. The third-order valence-corrected chi connectivity index (χ3v) is 5.98. The van der Waals surface area contributed by atoms with Gasteiger partial charge in [-0.3, -0.25) is 4.79 Å². The van der Waals surface area contributed by atoms with Gasteiger partial charge in [0, 0.05) is 13.3 Å². The number of aromatic nitrogens is 3. The van der Waals surface area contributed by atoms with Crippen LogP contribution in [0.1, 0.15) is 44.7 Å². The van der Waals surface area contributed by atoms with E-state index in [9.17, 15) is 40.2 Å². The zero-order chi connectivity index (χ0) is 23.0. The smallest absolute Gasteiger partial charge is 0.359 e. The van der Waals surface area contributed by atoms with Gasteiger partial charge in [0.1, 0.15) is 29.6 Å². The van der Waals surface area contributed by atoms with E-state index in [1.807, 2.05) is 0 Å². The van der Waals surface area contributed by atoms with E-state index in [0.29, 0.717) is 12.8 Å². The number of carbonyl (C=O) groups excluding carboxylic acids is 1. The standard InChI is InChI=1S/C18H28N4O9/c1-9(24)19-13-10(25)6-18(16(28)29,31-15(13)14(27)11(26)8-23)22-7-12(20-21-22)17(30)4-2-3-5-17/h7,10-11,13-15,23,25-27,30H,2-6,8H2,1H3,(H,19,24)(H,28,29)/t10-,11+,13+,14+,15+,18+/m0/s1. The molecule has 2 heterocycles. The zero-order valence-electron chi connectivity index (χ0n) is 17.0. The fourth-order valence-corrected chi connectivity index (χ4v) is 4.25. The van der Waals surface area contributed by atoms with Crippen LogP contribution in [0, 0.1) is 0 Å². The first-order valence-electron chi connectivity index (χ1n) is 10.0. The fraction of sp³-hybridized carbons (Fsp3) is 0.778. The number of rotatable bonds is 7. The highest BCUT2D eigenvalue weighted by Gasteiger charge is 2.57. The summed E-state index contributed by atoms with van der Waals surface area (Å²) in [6, 6.07) is -1.27. The highest BCUT2D eigenvalue weighted by Crippen LogP contribution is 2.40. The molecule has 0 radical (unpaired) electrons. The molecule has 174 valence electrons. The van der Waals surface area contributed by atoms with Gasteiger partial charge in [-0.15, -0.1) is 5.10 Å². The average Bonchev–Trinajstić information content (AvgIpc) is 3.38. The monoisotopic (exact) mass is 444 g/mol. The van der Waals surface area contributed by atoms with Crippen LogP contribution in [0.4, 0.5) is 0 Å². The van der Waals surface area contributed by atoms with Crippen molar-refractivity contribution in [1.82, 2.24) is 20.3 Å². The van der Waals surface area contributed by atoms with Gasteiger partial charge in [-0.05, 0) is 12.8 Å². The van der Waals surface area contributed by atoms with Gasteiger partial charge < -0.3 is 40.7 Å². The molecule has 1 aliphatic carbocycles. The van der Waals surface area contributed by atoms with Crippen LogP contribution >= 0.6 is 0 Å². The summed E-state index contributed by atoms with van der Waals surface area (Å²) in [4.78, 5) is 23.9. The lowest BCUT2D eigenvalue weighted by Crippen LogP contribution is -2.67. The van der Waals surface area contributed by atoms with Crippen LogP contribution in [0.2, 0.25) is 0 Å². The third-order valence-electron chi connectivity index (χ3n) is 5.98. The lowest BCUT2D eigenvalue weighted by atomic mass is 9.87. The molecule has 6 atom stereocenters. The molecular weight excluding hydrogens is 416 g/mol. The summed E-state index contributed by atoms with van der Waals surface area (Å²) in [7, 11) is 0. The maximum absolute atomic E-state index is 12.3. The molecule has 1 saturated carbocycles. The largest absolute Gasteiger partial charge is 0.478 e. The van der Waals surface area contributed by atoms with Crippen molar-refractivity contribution >= 4 is 11.9 Å². The average molecular weight is 444 g/mol. The van der Waals surface area contributed by atoms with Crippen molar-refractivity contribution in [2.45, 2.75) is 80.8 Å². The van der Waals surface area contributed by atoms with Crippen LogP contribution in [-0.4, -0.2) is 94.6 Å². The SMILES string of the molecule is CC(=O)N[C@H]1[C@H]([C@H](O)[C@H](O)CO)O[C@](C(=O)O)(n2cc(C3(O)CCCC3)nn2)C[C@@H]1O. The second kappa shape index (κ2) is 8.76. The van der Waals surface area contributed by atoms with Crippen LogP contribution in [0.3, 0.4) is 0 Å². The third kappa shape index (κ3) is 4.29. The van der Waals surface area contributed by atoms with Gasteiger partial charge in [-0.25, -0.2) is 9.48 Å². The Morgan fingerprint density at radius 1 is 1.35 bits per heavy atom. The molecule has 1 aromatic heterocycles. The van der Waals surface area contributed by atoms with E-state index in [4.69, 9.17) is 4.74 Å². The summed E-state index contributed by atoms with van der Waals surface area (Å²) in [5.74, 6) is -2.16. The summed E-state index contributed by atoms with van der Waals surface area (Å²) in [6.07, 6.45) is -3.67. The Labute approximate surface area is 177 Å². The fourth-order valence-electron chi connectivity index (χ4n) is 4.25. The summed E-state index contributed by atoms with van der Waals surface area (Å²) >= 11 is 0. The summed E-state index contributed by atoms with van der Waals surface area (Å²) in [6.45, 7) is 0.286. The molecule has 13 nitrogen and oxygen atoms in total. The maximum Gasteiger partial charge on any atom is 0.359 e. The minimum Gasteiger partial charge on any atom is -0.478 e. The number of ether oxygens (including phenoxy) is 1. The van der Waals surface area contributed by atoms with Crippen LogP contribution < -0.4 is 5.32 Å². The molecule has 1 saturated heterocycles. The number of carboxylic acids is 1. The minimum absolute atomic E-state index is 0.153. The second-order valence-corrected chi connectivity index (χ2v) is 8.20. The van der Waals surface area contributed by atoms with E-state index in [1.54, 1.807) is 0 Å². The molecule has 0 spiro atoms. The number of nitrogens with one attached hydrogen (secondary N) is 1. The molecule has 1 aromatic rings. The van der Waals surface area contributed by atoms with Crippen molar-refractivity contribution in [3.05, 3.63) is 11.9 Å². The van der Waals surface area contributed by atoms with Crippen LogP contribution in [0.5, 0.6) is 0 Å². The van der Waals surface area contributed by atoms with Gasteiger partial charge in [0.2, 0.25) is 5.91 Å². The van der Waals surface area contributed by atoms with Gasteiger partial charge in [0.25, 0.3) is 5.72 Å². The predicted molar refractivity (Wildman–Crippen MR) is 100 cm³/mol. The zero-order valence-corrected chi connectivity index (χ0v) is 17.0. The quantitative estimate of drug-likeness (QED) is 0.228.